The van der Waals surface area contributed by atoms with Gasteiger partial charge in [-0.15, -0.1) is 0 Å². The molecule has 86 valence electrons. The van der Waals surface area contributed by atoms with E-state index in [2.05, 4.69) is 5.32 Å². The van der Waals surface area contributed by atoms with Crippen molar-refractivity contribution in [1.29, 1.82) is 0 Å². The average molecular weight is 215 g/mol. The minimum absolute atomic E-state index is 0.245. The second kappa shape index (κ2) is 5.70. The lowest BCUT2D eigenvalue weighted by Gasteiger charge is -2.22. The SMILES string of the molecule is O=C(O)C(CCC1CCNCC1)C(=O)O. The second-order valence-corrected chi connectivity index (χ2v) is 4.00. The molecule has 0 bridgehead atoms. The number of nitrogens with one attached hydrogen (secondary N) is 1. The molecule has 15 heavy (non-hydrogen) atoms. The number of piperidine rings is 1. The Morgan fingerprint density at radius 3 is 2.20 bits per heavy atom. The molecule has 0 spiro atoms. The lowest BCUT2D eigenvalue weighted by Crippen LogP contribution is -2.29. The van der Waals surface area contributed by atoms with Crippen LogP contribution < -0.4 is 5.32 Å². The number of carbonyl (C=O) groups is 2. The maximum absolute atomic E-state index is 10.6. The number of aliphatic carboxylic acids is 2. The van der Waals surface area contributed by atoms with Gasteiger partial charge in [-0.1, -0.05) is 0 Å². The molecule has 0 atom stereocenters. The van der Waals surface area contributed by atoms with Crippen LogP contribution in [0.3, 0.4) is 0 Å². The van der Waals surface area contributed by atoms with Gasteiger partial charge >= 0.3 is 11.9 Å². The summed E-state index contributed by atoms with van der Waals surface area (Å²) < 4.78 is 0. The van der Waals surface area contributed by atoms with Crippen molar-refractivity contribution >= 4 is 11.9 Å². The summed E-state index contributed by atoms with van der Waals surface area (Å²) in [7, 11) is 0. The van der Waals surface area contributed by atoms with Crippen LogP contribution in [0.5, 0.6) is 0 Å². The molecular formula is C10H17NO4. The quantitative estimate of drug-likeness (QED) is 0.583. The molecule has 1 aliphatic heterocycles. The minimum Gasteiger partial charge on any atom is -0.481 e. The van der Waals surface area contributed by atoms with E-state index in [-0.39, 0.29) is 6.42 Å². The highest BCUT2D eigenvalue weighted by Gasteiger charge is 2.26. The topological polar surface area (TPSA) is 86.6 Å². The Labute approximate surface area is 88.5 Å². The molecular weight excluding hydrogens is 198 g/mol. The average Bonchev–Trinajstić information content (AvgIpc) is 2.18. The molecule has 1 fully saturated rings. The fourth-order valence-electron chi connectivity index (χ4n) is 1.93. The van der Waals surface area contributed by atoms with Crippen LogP contribution >= 0.6 is 0 Å². The summed E-state index contributed by atoms with van der Waals surface area (Å²) in [5, 5.41) is 20.6. The Hall–Kier alpha value is -1.10. The van der Waals surface area contributed by atoms with E-state index in [0.717, 1.165) is 25.9 Å². The van der Waals surface area contributed by atoms with Crippen molar-refractivity contribution in [2.75, 3.05) is 13.1 Å². The number of carboxylic acid groups (broad SMARTS) is 2. The Balaban J connectivity index is 2.32. The van der Waals surface area contributed by atoms with Crippen molar-refractivity contribution in [3.8, 4) is 0 Å². The van der Waals surface area contributed by atoms with E-state index in [1.165, 1.54) is 0 Å². The highest BCUT2D eigenvalue weighted by molar-refractivity contribution is 5.92. The maximum Gasteiger partial charge on any atom is 0.317 e. The molecule has 0 radical (unpaired) electrons. The zero-order valence-corrected chi connectivity index (χ0v) is 8.61. The van der Waals surface area contributed by atoms with E-state index in [9.17, 15) is 9.59 Å². The molecule has 0 aliphatic carbocycles. The predicted molar refractivity (Wildman–Crippen MR) is 53.6 cm³/mol. The highest BCUT2D eigenvalue weighted by atomic mass is 16.4. The molecule has 1 rings (SSSR count). The van der Waals surface area contributed by atoms with Crippen LogP contribution in [0.1, 0.15) is 25.7 Å². The van der Waals surface area contributed by atoms with E-state index in [4.69, 9.17) is 10.2 Å². The maximum atomic E-state index is 10.6. The Kier molecular flexibility index (Phi) is 4.55. The van der Waals surface area contributed by atoms with Crippen molar-refractivity contribution in [2.45, 2.75) is 25.7 Å². The standard InChI is InChI=1S/C10H17NO4/c12-9(13)8(10(14)15)2-1-7-3-5-11-6-4-7/h7-8,11H,1-6H2,(H,12,13)(H,14,15). The van der Waals surface area contributed by atoms with Gasteiger partial charge in [0, 0.05) is 0 Å². The van der Waals surface area contributed by atoms with Crippen molar-refractivity contribution < 1.29 is 19.8 Å². The molecule has 0 amide bonds. The number of carboxylic acids is 2. The monoisotopic (exact) mass is 215 g/mol. The van der Waals surface area contributed by atoms with Crippen LogP contribution in [0.4, 0.5) is 0 Å². The molecule has 0 aromatic heterocycles. The number of hydrogen-bond donors (Lipinski definition) is 3. The number of rotatable bonds is 5. The lowest BCUT2D eigenvalue weighted by atomic mass is 9.89. The summed E-state index contributed by atoms with van der Waals surface area (Å²) >= 11 is 0. The first-order valence-electron chi connectivity index (χ1n) is 5.27. The smallest absolute Gasteiger partial charge is 0.317 e. The van der Waals surface area contributed by atoms with E-state index in [0.29, 0.717) is 12.3 Å². The van der Waals surface area contributed by atoms with Gasteiger partial charge in [-0.2, -0.15) is 0 Å². The van der Waals surface area contributed by atoms with Gasteiger partial charge in [-0.05, 0) is 44.7 Å². The van der Waals surface area contributed by atoms with Crippen molar-refractivity contribution in [3.05, 3.63) is 0 Å². The third-order valence-corrected chi connectivity index (χ3v) is 2.92. The van der Waals surface area contributed by atoms with Gasteiger partial charge in [0.1, 0.15) is 0 Å². The lowest BCUT2D eigenvalue weighted by molar-refractivity contribution is -0.154. The highest BCUT2D eigenvalue weighted by Crippen LogP contribution is 2.21. The van der Waals surface area contributed by atoms with Gasteiger partial charge in [-0.25, -0.2) is 0 Å². The van der Waals surface area contributed by atoms with Gasteiger partial charge in [0.2, 0.25) is 0 Å². The molecule has 1 heterocycles. The Morgan fingerprint density at radius 1 is 1.20 bits per heavy atom. The summed E-state index contributed by atoms with van der Waals surface area (Å²) in [5.74, 6) is -3.21. The first-order valence-corrected chi connectivity index (χ1v) is 5.27. The molecule has 0 saturated carbocycles. The largest absolute Gasteiger partial charge is 0.481 e. The Bertz CT molecular complexity index is 222. The van der Waals surface area contributed by atoms with Crippen LogP contribution in [-0.4, -0.2) is 35.2 Å². The van der Waals surface area contributed by atoms with Crippen LogP contribution in [-0.2, 0) is 9.59 Å². The first-order chi connectivity index (χ1) is 7.11. The van der Waals surface area contributed by atoms with Gasteiger partial charge in [0.25, 0.3) is 0 Å². The summed E-state index contributed by atoms with van der Waals surface area (Å²) in [5.41, 5.74) is 0. The molecule has 3 N–H and O–H groups in total. The second-order valence-electron chi connectivity index (χ2n) is 4.00. The summed E-state index contributed by atoms with van der Waals surface area (Å²) in [4.78, 5) is 21.2. The molecule has 5 heteroatoms. The van der Waals surface area contributed by atoms with E-state index in [1.807, 2.05) is 0 Å². The zero-order chi connectivity index (χ0) is 11.3. The van der Waals surface area contributed by atoms with Crippen molar-refractivity contribution in [3.63, 3.8) is 0 Å². The molecule has 1 saturated heterocycles. The van der Waals surface area contributed by atoms with E-state index >= 15 is 0 Å². The third kappa shape index (κ3) is 3.87. The van der Waals surface area contributed by atoms with Gasteiger partial charge < -0.3 is 15.5 Å². The normalized spacial score (nSPS) is 17.9. The minimum atomic E-state index is -1.24. The summed E-state index contributed by atoms with van der Waals surface area (Å²) in [6.45, 7) is 1.91. The fraction of sp³-hybridized carbons (Fsp3) is 0.800. The van der Waals surface area contributed by atoms with Crippen molar-refractivity contribution in [2.24, 2.45) is 11.8 Å². The van der Waals surface area contributed by atoms with Crippen LogP contribution in [0.25, 0.3) is 0 Å². The van der Waals surface area contributed by atoms with Gasteiger partial charge in [0.05, 0.1) is 0 Å². The predicted octanol–water partition coefficient (Wildman–Crippen LogP) is 0.552. The third-order valence-electron chi connectivity index (χ3n) is 2.92. The van der Waals surface area contributed by atoms with Crippen LogP contribution in [0.15, 0.2) is 0 Å². The molecule has 0 aromatic carbocycles. The molecule has 1 aliphatic rings. The zero-order valence-electron chi connectivity index (χ0n) is 8.61. The van der Waals surface area contributed by atoms with Crippen molar-refractivity contribution in [1.82, 2.24) is 5.32 Å². The van der Waals surface area contributed by atoms with E-state index < -0.39 is 17.9 Å². The summed E-state index contributed by atoms with van der Waals surface area (Å²) in [6, 6.07) is 0. The van der Waals surface area contributed by atoms with Gasteiger partial charge in [0.15, 0.2) is 5.92 Å². The molecule has 0 unspecified atom stereocenters. The number of hydrogen-bond acceptors (Lipinski definition) is 3. The molecule has 0 aromatic rings. The molecule has 5 nitrogen and oxygen atoms in total. The summed E-state index contributed by atoms with van der Waals surface area (Å²) in [6.07, 6.45) is 2.98. The Morgan fingerprint density at radius 2 is 1.73 bits per heavy atom. The van der Waals surface area contributed by atoms with Crippen LogP contribution in [0, 0.1) is 11.8 Å². The van der Waals surface area contributed by atoms with Crippen LogP contribution in [0.2, 0.25) is 0 Å². The van der Waals surface area contributed by atoms with E-state index in [1.54, 1.807) is 0 Å². The van der Waals surface area contributed by atoms with Gasteiger partial charge in [-0.3, -0.25) is 9.59 Å². The fourth-order valence-corrected chi connectivity index (χ4v) is 1.93. The first kappa shape index (κ1) is 12.0.